The molecule has 2 aromatic carbocycles. The minimum absolute atomic E-state index is 0.138. The quantitative estimate of drug-likeness (QED) is 0.880. The number of carbonyl (C=O) groups excluding carboxylic acids is 1. The predicted molar refractivity (Wildman–Crippen MR) is 86.7 cm³/mol. The Kier molecular flexibility index (Phi) is 5.05. The molecule has 0 saturated carbocycles. The van der Waals surface area contributed by atoms with Crippen molar-refractivity contribution < 1.29 is 13.2 Å². The van der Waals surface area contributed by atoms with Crippen molar-refractivity contribution in [1.29, 1.82) is 0 Å². The van der Waals surface area contributed by atoms with E-state index in [1.54, 1.807) is 18.2 Å². The smallest absolute Gasteiger partial charge is 0.261 e. The van der Waals surface area contributed by atoms with Gasteiger partial charge in [0.1, 0.15) is 0 Å². The third-order valence-electron chi connectivity index (χ3n) is 2.87. The van der Waals surface area contributed by atoms with Gasteiger partial charge in [-0.2, -0.15) is 0 Å². The van der Waals surface area contributed by atoms with Crippen molar-refractivity contribution >= 4 is 33.2 Å². The van der Waals surface area contributed by atoms with Crippen LogP contribution in [0.25, 0.3) is 0 Å². The lowest BCUT2D eigenvalue weighted by Crippen LogP contribution is -2.22. The lowest BCUT2D eigenvalue weighted by Gasteiger charge is -2.11. The van der Waals surface area contributed by atoms with Gasteiger partial charge in [-0.15, -0.1) is 0 Å². The lowest BCUT2D eigenvalue weighted by molar-refractivity contribution is 0.0956. The fraction of sp³-hybridized carbons (Fsp3) is 0.133. The van der Waals surface area contributed by atoms with Crippen LogP contribution in [0.1, 0.15) is 17.3 Å². The van der Waals surface area contributed by atoms with Crippen molar-refractivity contribution in [3.05, 3.63) is 59.1 Å². The van der Waals surface area contributed by atoms with E-state index < -0.39 is 10.0 Å². The van der Waals surface area contributed by atoms with E-state index in [-0.39, 0.29) is 21.5 Å². The Morgan fingerprint density at radius 2 is 1.82 bits per heavy atom. The van der Waals surface area contributed by atoms with Crippen molar-refractivity contribution in [2.45, 2.75) is 11.8 Å². The van der Waals surface area contributed by atoms with E-state index >= 15 is 0 Å². The zero-order chi connectivity index (χ0) is 16.2. The molecular formula is C15H15ClN2O3S. The highest BCUT2D eigenvalue weighted by atomic mass is 35.5. The molecule has 2 aromatic rings. The molecule has 0 radical (unpaired) electrons. The van der Waals surface area contributed by atoms with Gasteiger partial charge in [0.15, 0.2) is 0 Å². The summed E-state index contributed by atoms with van der Waals surface area (Å²) in [5.74, 6) is -0.262. The highest BCUT2D eigenvalue weighted by molar-refractivity contribution is 7.92. The monoisotopic (exact) mass is 338 g/mol. The van der Waals surface area contributed by atoms with Gasteiger partial charge in [0.2, 0.25) is 0 Å². The summed E-state index contributed by atoms with van der Waals surface area (Å²) < 4.78 is 26.9. The summed E-state index contributed by atoms with van der Waals surface area (Å²) in [6.45, 7) is 2.31. The number of carbonyl (C=O) groups is 1. The van der Waals surface area contributed by atoms with Gasteiger partial charge in [-0.25, -0.2) is 8.42 Å². The minimum Gasteiger partial charge on any atom is -0.352 e. The van der Waals surface area contributed by atoms with Crippen LogP contribution in [0.3, 0.4) is 0 Å². The fourth-order valence-corrected chi connectivity index (χ4v) is 3.19. The van der Waals surface area contributed by atoms with E-state index in [0.29, 0.717) is 12.1 Å². The molecule has 0 spiro atoms. The third kappa shape index (κ3) is 3.78. The molecule has 0 aliphatic rings. The van der Waals surface area contributed by atoms with Crippen molar-refractivity contribution in [3.63, 3.8) is 0 Å². The average molecular weight is 339 g/mol. The second-order valence-electron chi connectivity index (χ2n) is 4.47. The topological polar surface area (TPSA) is 75.3 Å². The Morgan fingerprint density at radius 1 is 1.14 bits per heavy atom. The van der Waals surface area contributed by atoms with E-state index in [1.165, 1.54) is 30.3 Å². The summed E-state index contributed by atoms with van der Waals surface area (Å²) in [7, 11) is -3.71. The second kappa shape index (κ2) is 6.81. The maximum atomic E-state index is 12.2. The molecule has 2 N–H and O–H groups in total. The first-order valence-corrected chi connectivity index (χ1v) is 8.46. The van der Waals surface area contributed by atoms with Crippen LogP contribution in [0.2, 0.25) is 5.02 Å². The molecule has 0 atom stereocenters. The van der Waals surface area contributed by atoms with E-state index in [9.17, 15) is 13.2 Å². The highest BCUT2D eigenvalue weighted by Gasteiger charge is 2.16. The summed E-state index contributed by atoms with van der Waals surface area (Å²) in [6, 6.07) is 12.4. The SMILES string of the molecule is CCNC(=O)c1ccc(NS(=O)(=O)c2ccccc2)c(Cl)c1. The number of amides is 1. The standard InChI is InChI=1S/C15H15ClN2O3S/c1-2-17-15(19)11-8-9-14(13(16)10-11)18-22(20,21)12-6-4-3-5-7-12/h3-10,18H,2H2,1H3,(H,17,19). The molecule has 0 aromatic heterocycles. The molecule has 0 aliphatic heterocycles. The molecule has 0 heterocycles. The van der Waals surface area contributed by atoms with E-state index in [0.717, 1.165) is 0 Å². The van der Waals surface area contributed by atoms with Crippen LogP contribution in [0.5, 0.6) is 0 Å². The van der Waals surface area contributed by atoms with E-state index in [1.807, 2.05) is 6.92 Å². The Bertz CT molecular complexity index is 777. The third-order valence-corrected chi connectivity index (χ3v) is 4.56. The fourth-order valence-electron chi connectivity index (χ4n) is 1.81. The van der Waals surface area contributed by atoms with Gasteiger partial charge in [0.05, 0.1) is 15.6 Å². The summed E-state index contributed by atoms with van der Waals surface area (Å²) >= 11 is 6.06. The van der Waals surface area contributed by atoms with Crippen molar-refractivity contribution in [2.75, 3.05) is 11.3 Å². The van der Waals surface area contributed by atoms with Gasteiger partial charge in [-0.1, -0.05) is 29.8 Å². The zero-order valence-corrected chi connectivity index (χ0v) is 13.4. The van der Waals surface area contributed by atoms with Crippen LogP contribution >= 0.6 is 11.6 Å². The van der Waals surface area contributed by atoms with Crippen LogP contribution < -0.4 is 10.0 Å². The van der Waals surface area contributed by atoms with Gasteiger partial charge in [0, 0.05) is 12.1 Å². The first kappa shape index (κ1) is 16.3. The first-order chi connectivity index (χ1) is 10.4. The van der Waals surface area contributed by atoms with Gasteiger partial charge in [-0.05, 0) is 37.3 Å². The van der Waals surface area contributed by atoms with Gasteiger partial charge >= 0.3 is 0 Å². The number of nitrogens with one attached hydrogen (secondary N) is 2. The molecule has 22 heavy (non-hydrogen) atoms. The highest BCUT2D eigenvalue weighted by Crippen LogP contribution is 2.25. The van der Waals surface area contributed by atoms with Crippen LogP contribution in [0, 0.1) is 0 Å². The number of halogens is 1. The first-order valence-electron chi connectivity index (χ1n) is 6.59. The number of hydrogen-bond acceptors (Lipinski definition) is 3. The summed E-state index contributed by atoms with van der Waals surface area (Å²) in [5, 5.41) is 2.80. The number of sulfonamides is 1. The van der Waals surface area contributed by atoms with Crippen molar-refractivity contribution in [3.8, 4) is 0 Å². The van der Waals surface area contributed by atoms with Crippen LogP contribution in [-0.2, 0) is 10.0 Å². The molecule has 5 nitrogen and oxygen atoms in total. The Morgan fingerprint density at radius 3 is 2.41 bits per heavy atom. The number of rotatable bonds is 5. The molecule has 0 bridgehead atoms. The Hall–Kier alpha value is -2.05. The molecule has 0 fully saturated rings. The van der Waals surface area contributed by atoms with Gasteiger partial charge in [-0.3, -0.25) is 9.52 Å². The second-order valence-corrected chi connectivity index (χ2v) is 6.56. The maximum absolute atomic E-state index is 12.2. The summed E-state index contributed by atoms with van der Waals surface area (Å²) in [4.78, 5) is 11.8. The molecule has 7 heteroatoms. The molecular weight excluding hydrogens is 324 g/mol. The van der Waals surface area contributed by atoms with Gasteiger partial charge < -0.3 is 5.32 Å². The zero-order valence-electron chi connectivity index (χ0n) is 11.8. The molecule has 0 saturated heterocycles. The van der Waals surface area contributed by atoms with Crippen LogP contribution in [0.4, 0.5) is 5.69 Å². The largest absolute Gasteiger partial charge is 0.352 e. The van der Waals surface area contributed by atoms with Crippen LogP contribution in [0.15, 0.2) is 53.4 Å². The number of benzene rings is 2. The van der Waals surface area contributed by atoms with E-state index in [4.69, 9.17) is 11.6 Å². The summed E-state index contributed by atoms with van der Waals surface area (Å²) in [5.41, 5.74) is 0.591. The van der Waals surface area contributed by atoms with E-state index in [2.05, 4.69) is 10.0 Å². The maximum Gasteiger partial charge on any atom is 0.261 e. The predicted octanol–water partition coefficient (Wildman–Crippen LogP) is 2.89. The Labute approximate surface area is 134 Å². The molecule has 116 valence electrons. The summed E-state index contributed by atoms with van der Waals surface area (Å²) in [6.07, 6.45) is 0. The number of hydrogen-bond donors (Lipinski definition) is 2. The Balaban J connectivity index is 2.26. The van der Waals surface area contributed by atoms with Crippen molar-refractivity contribution in [2.24, 2.45) is 0 Å². The molecule has 2 rings (SSSR count). The van der Waals surface area contributed by atoms with Crippen molar-refractivity contribution in [1.82, 2.24) is 5.32 Å². The molecule has 0 unspecified atom stereocenters. The molecule has 1 amide bonds. The van der Waals surface area contributed by atoms with Crippen LogP contribution in [-0.4, -0.2) is 20.9 Å². The van der Waals surface area contributed by atoms with Gasteiger partial charge in [0.25, 0.3) is 15.9 Å². The average Bonchev–Trinajstić information content (AvgIpc) is 2.50. The molecule has 0 aliphatic carbocycles. The lowest BCUT2D eigenvalue weighted by atomic mass is 10.2. The number of anilines is 1. The minimum atomic E-state index is -3.71. The normalized spacial score (nSPS) is 11.0.